The first-order chi connectivity index (χ1) is 10.8. The molecule has 1 aliphatic carbocycles. The maximum Gasteiger partial charge on any atom is 0.178 e. The lowest BCUT2D eigenvalue weighted by Gasteiger charge is -2.25. The summed E-state index contributed by atoms with van der Waals surface area (Å²) >= 11 is 2.09. The topological polar surface area (TPSA) is 46.3 Å². The summed E-state index contributed by atoms with van der Waals surface area (Å²) in [5, 5.41) is 14.2. The molecule has 2 aliphatic rings. The third-order valence-electron chi connectivity index (χ3n) is 4.57. The van der Waals surface area contributed by atoms with Crippen molar-refractivity contribution in [2.24, 2.45) is 0 Å². The van der Waals surface area contributed by atoms with Gasteiger partial charge in [0.1, 0.15) is 5.82 Å². The van der Waals surface area contributed by atoms with Gasteiger partial charge >= 0.3 is 0 Å². The molecule has 0 amide bonds. The molecule has 0 N–H and O–H groups in total. The van der Waals surface area contributed by atoms with Crippen LogP contribution in [0.1, 0.15) is 50.8 Å². The highest BCUT2D eigenvalue weighted by Gasteiger charge is 2.29. The maximum absolute atomic E-state index is 4.86. The Bertz CT molecular complexity index is 651. The van der Waals surface area contributed by atoms with Crippen LogP contribution < -0.4 is 4.90 Å². The number of fused-ring (bicyclic) bond motifs is 1. The van der Waals surface area contributed by atoms with Crippen LogP contribution in [0.3, 0.4) is 0 Å². The van der Waals surface area contributed by atoms with Gasteiger partial charge in [-0.25, -0.2) is 0 Å². The van der Waals surface area contributed by atoms with E-state index in [2.05, 4.69) is 45.9 Å². The van der Waals surface area contributed by atoms with Gasteiger partial charge < -0.3 is 4.90 Å². The molecule has 0 aromatic carbocycles. The van der Waals surface area contributed by atoms with Crippen molar-refractivity contribution in [3.63, 3.8) is 0 Å². The summed E-state index contributed by atoms with van der Waals surface area (Å²) in [7, 11) is 0. The second-order valence-electron chi connectivity index (χ2n) is 6.31. The van der Waals surface area contributed by atoms with E-state index in [1.165, 1.54) is 37.9 Å². The van der Waals surface area contributed by atoms with Crippen LogP contribution in [0.15, 0.2) is 12.1 Å². The highest BCUT2D eigenvalue weighted by atomic mass is 32.2. The first kappa shape index (κ1) is 14.3. The van der Waals surface area contributed by atoms with E-state index in [0.717, 1.165) is 35.6 Å². The smallest absolute Gasteiger partial charge is 0.178 e. The summed E-state index contributed by atoms with van der Waals surface area (Å²) < 4.78 is 1.97. The molecule has 118 valence electrons. The van der Waals surface area contributed by atoms with Crippen molar-refractivity contribution in [3.8, 4) is 0 Å². The molecule has 2 aromatic rings. The lowest BCUT2D eigenvalue weighted by molar-refractivity contribution is 0.734. The summed E-state index contributed by atoms with van der Waals surface area (Å²) in [5.74, 6) is 3.90. The Balaban J connectivity index is 1.62. The van der Waals surface area contributed by atoms with Crippen LogP contribution >= 0.6 is 11.8 Å². The van der Waals surface area contributed by atoms with Crippen LogP contribution in [-0.2, 0) is 0 Å². The van der Waals surface area contributed by atoms with Crippen molar-refractivity contribution in [1.82, 2.24) is 19.8 Å². The highest BCUT2D eigenvalue weighted by Crippen LogP contribution is 2.38. The lowest BCUT2D eigenvalue weighted by Crippen LogP contribution is -2.30. The zero-order chi connectivity index (χ0) is 14.9. The summed E-state index contributed by atoms with van der Waals surface area (Å²) in [5.41, 5.74) is 0.875. The van der Waals surface area contributed by atoms with Gasteiger partial charge in [-0.3, -0.25) is 0 Å². The molecule has 1 saturated carbocycles. The molecule has 0 bridgehead atoms. The molecule has 3 heterocycles. The van der Waals surface area contributed by atoms with E-state index in [1.807, 2.05) is 4.52 Å². The van der Waals surface area contributed by atoms with Gasteiger partial charge in [-0.05, 0) is 43.6 Å². The fraction of sp³-hybridized carbons (Fsp3) is 0.688. The van der Waals surface area contributed by atoms with Crippen LogP contribution in [0.5, 0.6) is 0 Å². The number of nitrogens with zero attached hydrogens (tertiary/aromatic N) is 5. The van der Waals surface area contributed by atoms with Crippen LogP contribution in [0, 0.1) is 0 Å². The molecule has 2 fully saturated rings. The normalized spacial score (nSPS) is 23.0. The van der Waals surface area contributed by atoms with Gasteiger partial charge in [-0.2, -0.15) is 16.3 Å². The first-order valence-electron chi connectivity index (χ1n) is 8.44. The Morgan fingerprint density at radius 3 is 2.91 bits per heavy atom. The number of rotatable bonds is 4. The fourth-order valence-electron chi connectivity index (χ4n) is 3.24. The maximum atomic E-state index is 4.86. The van der Waals surface area contributed by atoms with Crippen LogP contribution in [0.2, 0.25) is 0 Å². The summed E-state index contributed by atoms with van der Waals surface area (Å²) in [4.78, 5) is 2.45. The molecule has 0 radical (unpaired) electrons. The number of hydrogen-bond donors (Lipinski definition) is 0. The zero-order valence-electron chi connectivity index (χ0n) is 13.1. The standard InChI is InChI=1S/C16H23N5S/c1-2-22-13-5-3-4-10-20(11-13)15-9-8-14-17-18-16(12-6-7-12)21(14)19-15/h8-9,12-13H,2-7,10-11H2,1H3. The average Bonchev–Trinajstić information content (AvgIpc) is 3.32. The number of aromatic nitrogens is 4. The highest BCUT2D eigenvalue weighted by molar-refractivity contribution is 7.99. The van der Waals surface area contributed by atoms with E-state index in [-0.39, 0.29) is 0 Å². The van der Waals surface area contributed by atoms with Gasteiger partial charge in [0.15, 0.2) is 11.5 Å². The summed E-state index contributed by atoms with van der Waals surface area (Å²) in [6, 6.07) is 4.17. The minimum Gasteiger partial charge on any atom is -0.354 e. The SMILES string of the molecule is CCSC1CCCCN(c2ccc3nnc(C4CC4)n3n2)C1. The quantitative estimate of drug-likeness (QED) is 0.867. The number of hydrogen-bond acceptors (Lipinski definition) is 5. The Hall–Kier alpha value is -1.30. The minimum atomic E-state index is 0.574. The third kappa shape index (κ3) is 2.81. The van der Waals surface area contributed by atoms with Crippen molar-refractivity contribution in [2.45, 2.75) is 50.2 Å². The van der Waals surface area contributed by atoms with Crippen molar-refractivity contribution < 1.29 is 0 Å². The fourth-order valence-corrected chi connectivity index (χ4v) is 4.33. The van der Waals surface area contributed by atoms with Crippen molar-refractivity contribution >= 4 is 23.2 Å². The molecule has 2 aromatic heterocycles. The van der Waals surface area contributed by atoms with Crippen molar-refractivity contribution in [2.75, 3.05) is 23.7 Å². The second-order valence-corrected chi connectivity index (χ2v) is 7.89. The van der Waals surface area contributed by atoms with E-state index >= 15 is 0 Å². The molecule has 5 nitrogen and oxygen atoms in total. The molecule has 1 atom stereocenters. The van der Waals surface area contributed by atoms with Crippen LogP contribution in [-0.4, -0.2) is 43.9 Å². The van der Waals surface area contributed by atoms with E-state index in [9.17, 15) is 0 Å². The number of thioether (sulfide) groups is 1. The Morgan fingerprint density at radius 1 is 1.18 bits per heavy atom. The molecule has 1 aliphatic heterocycles. The summed E-state index contributed by atoms with van der Waals surface area (Å²) in [6.07, 6.45) is 6.38. The lowest BCUT2D eigenvalue weighted by atomic mass is 10.2. The molecular formula is C16H23N5S. The van der Waals surface area contributed by atoms with Gasteiger partial charge in [0.25, 0.3) is 0 Å². The molecule has 22 heavy (non-hydrogen) atoms. The third-order valence-corrected chi connectivity index (χ3v) is 5.76. The van der Waals surface area contributed by atoms with Gasteiger partial charge in [0, 0.05) is 24.3 Å². The largest absolute Gasteiger partial charge is 0.354 e. The Morgan fingerprint density at radius 2 is 2.09 bits per heavy atom. The predicted octanol–water partition coefficient (Wildman–Crippen LogP) is 3.11. The van der Waals surface area contributed by atoms with Crippen molar-refractivity contribution in [3.05, 3.63) is 18.0 Å². The molecular weight excluding hydrogens is 294 g/mol. The van der Waals surface area contributed by atoms with E-state index in [4.69, 9.17) is 5.10 Å². The monoisotopic (exact) mass is 317 g/mol. The van der Waals surface area contributed by atoms with Gasteiger partial charge in [0.05, 0.1) is 0 Å². The molecule has 0 spiro atoms. The average molecular weight is 317 g/mol. The Kier molecular flexibility index (Phi) is 3.94. The van der Waals surface area contributed by atoms with E-state index < -0.39 is 0 Å². The molecule has 4 rings (SSSR count). The molecule has 1 saturated heterocycles. The first-order valence-corrected chi connectivity index (χ1v) is 9.49. The Labute approximate surface area is 135 Å². The second kappa shape index (κ2) is 6.07. The molecule has 6 heteroatoms. The predicted molar refractivity (Wildman–Crippen MR) is 90.7 cm³/mol. The van der Waals surface area contributed by atoms with Gasteiger partial charge in [-0.1, -0.05) is 13.3 Å². The van der Waals surface area contributed by atoms with Crippen molar-refractivity contribution in [1.29, 1.82) is 0 Å². The van der Waals surface area contributed by atoms with Gasteiger partial charge in [0.2, 0.25) is 0 Å². The zero-order valence-corrected chi connectivity index (χ0v) is 13.9. The minimum absolute atomic E-state index is 0.574. The van der Waals surface area contributed by atoms with Crippen LogP contribution in [0.25, 0.3) is 5.65 Å². The van der Waals surface area contributed by atoms with E-state index in [0.29, 0.717) is 5.92 Å². The van der Waals surface area contributed by atoms with E-state index in [1.54, 1.807) is 0 Å². The van der Waals surface area contributed by atoms with Gasteiger partial charge in [-0.15, -0.1) is 15.3 Å². The number of anilines is 1. The van der Waals surface area contributed by atoms with Crippen LogP contribution in [0.4, 0.5) is 5.82 Å². The molecule has 1 unspecified atom stereocenters. The summed E-state index contributed by atoms with van der Waals surface area (Å²) in [6.45, 7) is 4.47.